The molecular formula is C28H40F2N4O. The van der Waals surface area contributed by atoms with E-state index in [0.29, 0.717) is 29.7 Å². The van der Waals surface area contributed by atoms with Crippen LogP contribution in [0.5, 0.6) is 0 Å². The van der Waals surface area contributed by atoms with E-state index in [4.69, 9.17) is 10.1 Å². The molecule has 0 saturated carbocycles. The van der Waals surface area contributed by atoms with Crippen LogP contribution in [0.15, 0.2) is 35.9 Å². The number of H-pyrrole nitrogens is 1. The van der Waals surface area contributed by atoms with Crippen LogP contribution in [-0.2, 0) is 11.2 Å². The van der Waals surface area contributed by atoms with Gasteiger partial charge >= 0.3 is 0 Å². The number of halogens is 2. The van der Waals surface area contributed by atoms with Gasteiger partial charge < -0.3 is 20.9 Å². The first-order chi connectivity index (χ1) is 16.9. The predicted octanol–water partition coefficient (Wildman–Crippen LogP) is 5.91. The third kappa shape index (κ3) is 6.26. The Morgan fingerprint density at radius 3 is 2.49 bits per heavy atom. The maximum absolute atomic E-state index is 13.6. The molecule has 0 aliphatic carbocycles. The van der Waals surface area contributed by atoms with Crippen LogP contribution >= 0.6 is 0 Å². The van der Waals surface area contributed by atoms with Crippen molar-refractivity contribution in [3.8, 4) is 0 Å². The van der Waals surface area contributed by atoms with E-state index in [2.05, 4.69) is 27.8 Å². The molecule has 1 aromatic heterocycles. The third-order valence-electron chi connectivity index (χ3n) is 7.23. The van der Waals surface area contributed by atoms with Crippen molar-refractivity contribution in [2.24, 2.45) is 5.73 Å². The number of aromatic amines is 1. The maximum Gasteiger partial charge on any atom is 0.242 e. The van der Waals surface area contributed by atoms with Crippen molar-refractivity contribution in [1.82, 2.24) is 9.88 Å². The molecule has 0 spiro atoms. The minimum absolute atomic E-state index is 0.283. The normalized spacial score (nSPS) is 18.5. The smallest absolute Gasteiger partial charge is 0.242 e. The van der Waals surface area contributed by atoms with Crippen LogP contribution in [0.1, 0.15) is 62.8 Å². The van der Waals surface area contributed by atoms with Gasteiger partial charge in [0.25, 0.3) is 0 Å². The van der Waals surface area contributed by atoms with Gasteiger partial charge in [-0.15, -0.1) is 0 Å². The molecule has 2 aromatic rings. The fourth-order valence-corrected chi connectivity index (χ4v) is 5.06. The Morgan fingerprint density at radius 2 is 1.94 bits per heavy atom. The van der Waals surface area contributed by atoms with Crippen molar-refractivity contribution in [2.75, 3.05) is 33.4 Å². The van der Waals surface area contributed by atoms with Gasteiger partial charge in [0.05, 0.1) is 19.3 Å². The Labute approximate surface area is 207 Å². The molecule has 192 valence electrons. The number of nitrogens with two attached hydrogens (primary N) is 1. The third-order valence-corrected chi connectivity index (χ3v) is 7.23. The fraction of sp³-hybridized carbons (Fsp3) is 0.536. The average Bonchev–Trinajstić information content (AvgIpc) is 3.19. The maximum atomic E-state index is 13.6. The summed E-state index contributed by atoms with van der Waals surface area (Å²) in [5, 5.41) is 9.01. The minimum atomic E-state index is -2.42. The quantitative estimate of drug-likeness (QED) is 0.321. The van der Waals surface area contributed by atoms with Gasteiger partial charge in [-0.2, -0.15) is 0 Å². The number of allylic oxidation sites excluding steroid dienone is 4. The van der Waals surface area contributed by atoms with E-state index in [9.17, 15) is 8.78 Å². The first kappa shape index (κ1) is 27.2. The topological polar surface area (TPSA) is 78.1 Å². The lowest BCUT2D eigenvalue weighted by Crippen LogP contribution is -2.51. The van der Waals surface area contributed by atoms with Crippen molar-refractivity contribution < 1.29 is 13.5 Å². The Kier molecular flexibility index (Phi) is 9.78. The lowest BCUT2D eigenvalue weighted by Gasteiger charge is -2.41. The molecule has 0 amide bonds. The summed E-state index contributed by atoms with van der Waals surface area (Å²) in [5.41, 5.74) is 10.3. The second-order valence-corrected chi connectivity index (χ2v) is 9.28. The molecule has 2 fully saturated rings. The summed E-state index contributed by atoms with van der Waals surface area (Å²) >= 11 is 0. The number of hydrogen-bond donors (Lipinski definition) is 3. The number of fused-ring (bicyclic) bond motifs is 1. The number of hydrogen-bond acceptors (Lipinski definition) is 4. The number of likely N-dealkylation sites (tertiary alicyclic amines) is 1. The number of alkyl halides is 2. The van der Waals surface area contributed by atoms with Crippen molar-refractivity contribution in [1.29, 1.82) is 5.41 Å². The molecule has 35 heavy (non-hydrogen) atoms. The van der Waals surface area contributed by atoms with Crippen molar-refractivity contribution in [3.63, 3.8) is 0 Å². The number of rotatable bonds is 8. The van der Waals surface area contributed by atoms with Crippen LogP contribution in [0.3, 0.4) is 0 Å². The largest absolute Gasteiger partial charge is 0.378 e. The zero-order valence-corrected chi connectivity index (χ0v) is 21.5. The second-order valence-electron chi connectivity index (χ2n) is 9.28. The van der Waals surface area contributed by atoms with Crippen LogP contribution < -0.4 is 5.73 Å². The van der Waals surface area contributed by atoms with E-state index in [1.54, 1.807) is 0 Å². The molecule has 4 rings (SSSR count). The van der Waals surface area contributed by atoms with Gasteiger partial charge in [0.2, 0.25) is 6.43 Å². The van der Waals surface area contributed by atoms with Crippen molar-refractivity contribution in [2.45, 2.75) is 64.8 Å². The highest BCUT2D eigenvalue weighted by atomic mass is 19.3. The first-order valence-electron chi connectivity index (χ1n) is 12.7. The highest BCUT2D eigenvalue weighted by molar-refractivity contribution is 6.00. The van der Waals surface area contributed by atoms with E-state index in [-0.39, 0.29) is 6.42 Å². The second kappa shape index (κ2) is 12.6. The summed E-state index contributed by atoms with van der Waals surface area (Å²) < 4.78 is 32.6. The summed E-state index contributed by atoms with van der Waals surface area (Å²) in [6, 6.07) is 6.92. The highest BCUT2D eigenvalue weighted by Gasteiger charge is 2.30. The van der Waals surface area contributed by atoms with E-state index in [1.807, 2.05) is 39.0 Å². The summed E-state index contributed by atoms with van der Waals surface area (Å²) in [4.78, 5) is 5.94. The van der Waals surface area contributed by atoms with Crippen LogP contribution in [0.25, 0.3) is 16.5 Å². The first-order valence-corrected chi connectivity index (χ1v) is 12.7. The zero-order chi connectivity index (χ0) is 25.5. The monoisotopic (exact) mass is 486 g/mol. The van der Waals surface area contributed by atoms with Crippen LogP contribution in [0.2, 0.25) is 0 Å². The Morgan fingerprint density at radius 1 is 1.26 bits per heavy atom. The molecule has 0 radical (unpaired) electrons. The van der Waals surface area contributed by atoms with E-state index >= 15 is 0 Å². The van der Waals surface area contributed by atoms with E-state index in [1.165, 1.54) is 12.6 Å². The average molecular weight is 487 g/mol. The lowest BCUT2D eigenvalue weighted by atomic mass is 9.87. The Hall–Kier alpha value is -2.35. The Balaban J connectivity index is 0.00000167. The van der Waals surface area contributed by atoms with Gasteiger partial charge in [0.1, 0.15) is 0 Å². The van der Waals surface area contributed by atoms with Crippen LogP contribution in [0.4, 0.5) is 8.78 Å². The van der Waals surface area contributed by atoms with E-state index in [0.717, 1.165) is 66.9 Å². The van der Waals surface area contributed by atoms with Gasteiger partial charge in [-0.1, -0.05) is 19.1 Å². The van der Waals surface area contributed by atoms with Gasteiger partial charge in [0, 0.05) is 28.7 Å². The molecule has 3 heterocycles. The van der Waals surface area contributed by atoms with Crippen LogP contribution in [0, 0.1) is 5.41 Å². The molecule has 7 heteroatoms. The molecular weight excluding hydrogens is 446 g/mol. The number of ether oxygens (including phenoxy) is 1. The lowest BCUT2D eigenvalue weighted by molar-refractivity contribution is -0.0712. The van der Waals surface area contributed by atoms with Crippen LogP contribution in [-0.4, -0.2) is 61.4 Å². The summed E-state index contributed by atoms with van der Waals surface area (Å²) in [7, 11) is 1.50. The number of aromatic nitrogens is 1. The molecule has 2 saturated heterocycles. The minimum Gasteiger partial charge on any atom is -0.378 e. The predicted molar refractivity (Wildman–Crippen MR) is 142 cm³/mol. The number of benzene rings is 1. The molecule has 0 atom stereocenters. The molecule has 0 bridgehead atoms. The number of nitrogens with zero attached hydrogens (tertiary/aromatic N) is 1. The summed E-state index contributed by atoms with van der Waals surface area (Å²) in [5.74, 6) is 0.456. The zero-order valence-electron chi connectivity index (χ0n) is 21.5. The standard InChI is InChI=1S/C27H35F2N3O.CH5N/c1-4-18(12-17(3)24(30)5-2)27-23(14-26(28)29)22-13-20(6-7-25(22)31-27)19-8-10-32(11-9-19)21-15-33-16-21;1-2/h4,6-7,12-13,19,21,26,30-31H,5,8-11,14-16H2,1-3H3;2H2,1H3/b17-12-,18-4+,30-24?;. The molecule has 5 nitrogen and oxygen atoms in total. The van der Waals surface area contributed by atoms with Gasteiger partial charge in [-0.25, -0.2) is 8.78 Å². The summed E-state index contributed by atoms with van der Waals surface area (Å²) in [6.45, 7) is 9.59. The van der Waals surface area contributed by atoms with Crippen molar-refractivity contribution in [3.05, 3.63) is 52.7 Å². The molecule has 2 aliphatic rings. The van der Waals surface area contributed by atoms with Gasteiger partial charge in [0.15, 0.2) is 0 Å². The Bertz CT molecular complexity index is 1060. The number of nitrogens with one attached hydrogen (secondary N) is 2. The summed E-state index contributed by atoms with van der Waals surface area (Å²) in [6.07, 6.45) is 3.99. The number of piperidine rings is 1. The SMILES string of the molecule is C/C=C(\C=C(\C)C(=N)CC)c1[nH]c2ccc(C3CCN(C4COC4)CC3)cc2c1CC(F)F.CN. The molecule has 4 N–H and O–H groups in total. The molecule has 0 unspecified atom stereocenters. The molecule has 2 aliphatic heterocycles. The van der Waals surface area contributed by atoms with Gasteiger partial charge in [-0.05, 0) is 99.6 Å². The molecule has 1 aromatic carbocycles. The fourth-order valence-electron chi connectivity index (χ4n) is 5.06. The van der Waals surface area contributed by atoms with E-state index < -0.39 is 6.43 Å². The van der Waals surface area contributed by atoms with Gasteiger partial charge in [-0.3, -0.25) is 4.90 Å². The van der Waals surface area contributed by atoms with Crippen molar-refractivity contribution >= 4 is 22.2 Å². The highest BCUT2D eigenvalue weighted by Crippen LogP contribution is 2.35.